The lowest BCUT2D eigenvalue weighted by atomic mass is 10.0. The smallest absolute Gasteiger partial charge is 0.187 e. The van der Waals surface area contributed by atoms with Crippen LogP contribution >= 0.6 is 11.6 Å². The van der Waals surface area contributed by atoms with Gasteiger partial charge in [0.2, 0.25) is 0 Å². The van der Waals surface area contributed by atoms with Crippen LogP contribution in [-0.4, -0.2) is 5.11 Å². The van der Waals surface area contributed by atoms with Gasteiger partial charge in [-0.05, 0) is 23.3 Å². The molecule has 84 valence electrons. The molecule has 0 amide bonds. The molecule has 2 aromatic carbocycles. The SMILES string of the molecule is [C-]#[N+]c1ccc(C(O)c2ccc(Cl)cc2)cc1. The molecule has 0 spiro atoms. The summed E-state index contributed by atoms with van der Waals surface area (Å²) in [6, 6.07) is 14.0. The minimum absolute atomic E-state index is 0.567. The van der Waals surface area contributed by atoms with Gasteiger partial charge in [-0.3, -0.25) is 0 Å². The van der Waals surface area contributed by atoms with Gasteiger partial charge in [0.1, 0.15) is 6.10 Å². The van der Waals surface area contributed by atoms with Crippen LogP contribution in [0, 0.1) is 6.57 Å². The zero-order chi connectivity index (χ0) is 12.3. The predicted octanol–water partition coefficient (Wildman–Crippen LogP) is 3.97. The molecule has 2 nitrogen and oxygen atoms in total. The molecule has 0 aromatic heterocycles. The number of aliphatic hydroxyl groups is 1. The highest BCUT2D eigenvalue weighted by molar-refractivity contribution is 6.30. The van der Waals surface area contributed by atoms with E-state index in [0.29, 0.717) is 10.7 Å². The lowest BCUT2D eigenvalue weighted by Crippen LogP contribution is -1.98. The average molecular weight is 244 g/mol. The van der Waals surface area contributed by atoms with Crippen LogP contribution in [0.5, 0.6) is 0 Å². The van der Waals surface area contributed by atoms with Crippen LogP contribution in [0.4, 0.5) is 5.69 Å². The second-order valence-electron chi connectivity index (χ2n) is 3.66. The minimum Gasteiger partial charge on any atom is -0.384 e. The molecule has 0 saturated carbocycles. The summed E-state index contributed by atoms with van der Waals surface area (Å²) in [6.45, 7) is 6.86. The van der Waals surface area contributed by atoms with Crippen molar-refractivity contribution in [3.63, 3.8) is 0 Å². The van der Waals surface area contributed by atoms with Crippen molar-refractivity contribution in [2.24, 2.45) is 0 Å². The van der Waals surface area contributed by atoms with E-state index in [4.69, 9.17) is 18.2 Å². The van der Waals surface area contributed by atoms with Gasteiger partial charge in [0.15, 0.2) is 5.69 Å². The van der Waals surface area contributed by atoms with E-state index in [0.717, 1.165) is 11.1 Å². The Bertz CT molecular complexity index is 540. The highest BCUT2D eigenvalue weighted by Gasteiger charge is 2.09. The third-order valence-corrected chi connectivity index (χ3v) is 2.78. The molecule has 0 fully saturated rings. The first-order chi connectivity index (χ1) is 8.20. The van der Waals surface area contributed by atoms with Crippen molar-refractivity contribution in [2.75, 3.05) is 0 Å². The predicted molar refractivity (Wildman–Crippen MR) is 68.2 cm³/mol. The molecule has 17 heavy (non-hydrogen) atoms. The van der Waals surface area contributed by atoms with Gasteiger partial charge in [-0.1, -0.05) is 48.0 Å². The van der Waals surface area contributed by atoms with Crippen molar-refractivity contribution in [2.45, 2.75) is 6.10 Å². The third-order valence-electron chi connectivity index (χ3n) is 2.52. The third kappa shape index (κ3) is 2.65. The maximum Gasteiger partial charge on any atom is 0.187 e. The summed E-state index contributed by atoms with van der Waals surface area (Å²) in [5.41, 5.74) is 2.11. The molecule has 1 unspecified atom stereocenters. The van der Waals surface area contributed by atoms with E-state index in [1.54, 1.807) is 48.5 Å². The number of rotatable bonds is 2. The largest absolute Gasteiger partial charge is 0.384 e. The Labute approximate surface area is 105 Å². The second-order valence-corrected chi connectivity index (χ2v) is 4.09. The van der Waals surface area contributed by atoms with Crippen molar-refractivity contribution in [1.82, 2.24) is 0 Å². The first-order valence-corrected chi connectivity index (χ1v) is 5.49. The normalized spacial score (nSPS) is 11.8. The van der Waals surface area contributed by atoms with Crippen LogP contribution in [0.25, 0.3) is 4.85 Å². The summed E-state index contributed by atoms with van der Waals surface area (Å²) in [7, 11) is 0. The molecule has 0 aliphatic heterocycles. The quantitative estimate of drug-likeness (QED) is 0.793. The van der Waals surface area contributed by atoms with Gasteiger partial charge in [0, 0.05) is 5.02 Å². The van der Waals surface area contributed by atoms with Crippen LogP contribution in [0.1, 0.15) is 17.2 Å². The van der Waals surface area contributed by atoms with Crippen molar-refractivity contribution in [3.8, 4) is 0 Å². The topological polar surface area (TPSA) is 24.6 Å². The lowest BCUT2D eigenvalue weighted by molar-refractivity contribution is 0.220. The first-order valence-electron chi connectivity index (χ1n) is 5.11. The molecule has 0 aliphatic rings. The summed E-state index contributed by atoms with van der Waals surface area (Å²) in [4.78, 5) is 3.31. The van der Waals surface area contributed by atoms with E-state index in [1.165, 1.54) is 0 Å². The number of benzene rings is 2. The molecule has 1 atom stereocenters. The molecule has 1 N–H and O–H groups in total. The summed E-state index contributed by atoms with van der Waals surface area (Å²) >= 11 is 5.79. The van der Waals surface area contributed by atoms with Gasteiger partial charge in [-0.15, -0.1) is 0 Å². The number of nitrogens with zero attached hydrogens (tertiary/aromatic N) is 1. The summed E-state index contributed by atoms with van der Waals surface area (Å²) in [5, 5.41) is 10.8. The molecule has 0 bridgehead atoms. The molecular weight excluding hydrogens is 234 g/mol. The van der Waals surface area contributed by atoms with Crippen LogP contribution in [-0.2, 0) is 0 Å². The van der Waals surface area contributed by atoms with Gasteiger partial charge >= 0.3 is 0 Å². The van der Waals surface area contributed by atoms with Gasteiger partial charge in [0.25, 0.3) is 0 Å². The van der Waals surface area contributed by atoms with Crippen molar-refractivity contribution in [1.29, 1.82) is 0 Å². The number of hydrogen-bond acceptors (Lipinski definition) is 1. The monoisotopic (exact) mass is 243 g/mol. The summed E-state index contributed by atoms with van der Waals surface area (Å²) in [6.07, 6.45) is -0.688. The van der Waals surface area contributed by atoms with Gasteiger partial charge in [-0.25, -0.2) is 4.85 Å². The van der Waals surface area contributed by atoms with E-state index in [1.807, 2.05) is 0 Å². The highest BCUT2D eigenvalue weighted by atomic mass is 35.5. The number of hydrogen-bond donors (Lipinski definition) is 1. The Balaban J connectivity index is 2.27. The molecule has 0 saturated heterocycles. The maximum absolute atomic E-state index is 10.1. The molecule has 3 heteroatoms. The van der Waals surface area contributed by atoms with Crippen molar-refractivity contribution >= 4 is 17.3 Å². The van der Waals surface area contributed by atoms with Crippen LogP contribution < -0.4 is 0 Å². The standard InChI is InChI=1S/C14H10ClNO/c1-16-13-8-4-11(5-9-13)14(17)10-2-6-12(15)7-3-10/h2-9,14,17H. The Morgan fingerprint density at radius 1 is 0.941 bits per heavy atom. The molecule has 0 radical (unpaired) electrons. The number of aliphatic hydroxyl groups excluding tert-OH is 1. The van der Waals surface area contributed by atoms with Crippen LogP contribution in [0.15, 0.2) is 48.5 Å². The fourth-order valence-electron chi connectivity index (χ4n) is 1.57. The number of halogens is 1. The Morgan fingerprint density at radius 2 is 1.41 bits per heavy atom. The molecule has 2 aromatic rings. The van der Waals surface area contributed by atoms with Gasteiger partial charge < -0.3 is 5.11 Å². The molecule has 0 aliphatic carbocycles. The lowest BCUT2D eigenvalue weighted by Gasteiger charge is -2.11. The Hall–Kier alpha value is -1.82. The molecular formula is C14H10ClNO. The summed E-state index contributed by atoms with van der Waals surface area (Å²) in [5.74, 6) is 0. The Kier molecular flexibility index (Phi) is 3.43. The maximum atomic E-state index is 10.1. The van der Waals surface area contributed by atoms with E-state index in [9.17, 15) is 5.11 Å². The first kappa shape index (κ1) is 11.7. The second kappa shape index (κ2) is 5.01. The fourth-order valence-corrected chi connectivity index (χ4v) is 1.69. The Morgan fingerprint density at radius 3 is 1.88 bits per heavy atom. The van der Waals surface area contributed by atoms with Crippen LogP contribution in [0.2, 0.25) is 5.02 Å². The van der Waals surface area contributed by atoms with E-state index >= 15 is 0 Å². The zero-order valence-corrected chi connectivity index (χ0v) is 9.72. The van der Waals surface area contributed by atoms with E-state index < -0.39 is 6.10 Å². The van der Waals surface area contributed by atoms with Crippen LogP contribution in [0.3, 0.4) is 0 Å². The molecule has 0 heterocycles. The van der Waals surface area contributed by atoms with E-state index in [-0.39, 0.29) is 0 Å². The van der Waals surface area contributed by atoms with Crippen molar-refractivity contribution < 1.29 is 5.11 Å². The highest BCUT2D eigenvalue weighted by Crippen LogP contribution is 2.25. The van der Waals surface area contributed by atoms with Crippen molar-refractivity contribution in [3.05, 3.63) is 76.1 Å². The fraction of sp³-hybridized carbons (Fsp3) is 0.0714. The molecule has 2 rings (SSSR count). The average Bonchev–Trinajstić information content (AvgIpc) is 2.39. The van der Waals surface area contributed by atoms with E-state index in [2.05, 4.69) is 4.85 Å². The van der Waals surface area contributed by atoms with Gasteiger partial charge in [0.05, 0.1) is 6.57 Å². The zero-order valence-electron chi connectivity index (χ0n) is 8.97. The summed E-state index contributed by atoms with van der Waals surface area (Å²) < 4.78 is 0. The minimum atomic E-state index is -0.688. The van der Waals surface area contributed by atoms with Gasteiger partial charge in [-0.2, -0.15) is 0 Å².